The van der Waals surface area contributed by atoms with Crippen LogP contribution in [0.1, 0.15) is 19.3 Å². The van der Waals surface area contributed by atoms with Gasteiger partial charge in [0.25, 0.3) is 0 Å². The Morgan fingerprint density at radius 1 is 1.50 bits per heavy atom. The molecule has 1 aliphatic carbocycles. The SMILES string of the molecule is C=N/C=C(/CCN(C=O)CC1CC1)N(C)C. The van der Waals surface area contributed by atoms with E-state index in [1.54, 1.807) is 6.20 Å². The molecule has 0 radical (unpaired) electrons. The summed E-state index contributed by atoms with van der Waals surface area (Å²) in [5.41, 5.74) is 1.10. The Morgan fingerprint density at radius 2 is 2.19 bits per heavy atom. The third-order valence-corrected chi connectivity index (χ3v) is 2.81. The number of aliphatic imine (C=N–C) groups is 1. The van der Waals surface area contributed by atoms with Crippen LogP contribution in [0.4, 0.5) is 0 Å². The average Bonchev–Trinajstić information content (AvgIpc) is 3.05. The molecule has 4 heteroatoms. The van der Waals surface area contributed by atoms with Gasteiger partial charge in [0.05, 0.1) is 0 Å². The Balaban J connectivity index is 2.36. The Labute approximate surface area is 97.6 Å². The quantitative estimate of drug-likeness (QED) is 0.460. The number of hydrogen-bond acceptors (Lipinski definition) is 3. The number of hydrogen-bond donors (Lipinski definition) is 0. The van der Waals surface area contributed by atoms with Gasteiger partial charge in [-0.25, -0.2) is 0 Å². The molecule has 0 atom stereocenters. The molecular formula is C12H21N3O. The van der Waals surface area contributed by atoms with Crippen molar-refractivity contribution >= 4 is 13.1 Å². The molecule has 1 fully saturated rings. The topological polar surface area (TPSA) is 35.9 Å². The zero-order valence-electron chi connectivity index (χ0n) is 10.2. The fourth-order valence-corrected chi connectivity index (χ4v) is 1.59. The van der Waals surface area contributed by atoms with Gasteiger partial charge in [-0.15, -0.1) is 0 Å². The lowest BCUT2D eigenvalue weighted by Gasteiger charge is -2.21. The summed E-state index contributed by atoms with van der Waals surface area (Å²) in [5.74, 6) is 0.745. The average molecular weight is 223 g/mol. The van der Waals surface area contributed by atoms with Gasteiger partial charge in [0.2, 0.25) is 6.41 Å². The van der Waals surface area contributed by atoms with E-state index < -0.39 is 0 Å². The van der Waals surface area contributed by atoms with Crippen molar-refractivity contribution in [1.82, 2.24) is 9.80 Å². The maximum Gasteiger partial charge on any atom is 0.209 e. The van der Waals surface area contributed by atoms with Crippen molar-refractivity contribution in [3.05, 3.63) is 11.9 Å². The van der Waals surface area contributed by atoms with Gasteiger partial charge in [0, 0.05) is 45.5 Å². The Hall–Kier alpha value is -1.32. The molecule has 0 N–H and O–H groups in total. The fourth-order valence-electron chi connectivity index (χ4n) is 1.59. The Bertz CT molecular complexity index is 269. The van der Waals surface area contributed by atoms with E-state index in [0.717, 1.165) is 37.5 Å². The van der Waals surface area contributed by atoms with Gasteiger partial charge in [-0.05, 0) is 25.5 Å². The number of nitrogens with zero attached hydrogens (tertiary/aromatic N) is 3. The smallest absolute Gasteiger partial charge is 0.209 e. The maximum atomic E-state index is 10.9. The molecule has 0 unspecified atom stereocenters. The van der Waals surface area contributed by atoms with Crippen LogP contribution in [0.3, 0.4) is 0 Å². The van der Waals surface area contributed by atoms with Crippen LogP contribution in [0.15, 0.2) is 16.9 Å². The molecule has 0 spiro atoms. The van der Waals surface area contributed by atoms with E-state index in [1.165, 1.54) is 12.8 Å². The summed E-state index contributed by atoms with van der Waals surface area (Å²) in [4.78, 5) is 18.5. The summed E-state index contributed by atoms with van der Waals surface area (Å²) in [6.07, 6.45) is 6.08. The largest absolute Gasteiger partial charge is 0.380 e. The third kappa shape index (κ3) is 4.47. The van der Waals surface area contributed by atoms with Gasteiger partial charge in [-0.1, -0.05) is 0 Å². The molecule has 90 valence electrons. The highest BCUT2D eigenvalue weighted by Gasteiger charge is 2.23. The van der Waals surface area contributed by atoms with Gasteiger partial charge in [-0.3, -0.25) is 9.79 Å². The molecule has 1 amide bonds. The standard InChI is InChI=1S/C12H21N3O/c1-13-8-12(14(2)3)6-7-15(10-16)9-11-4-5-11/h8,10-11H,1,4-7,9H2,2-3H3/b12-8-. The first-order chi connectivity index (χ1) is 7.67. The molecule has 1 rings (SSSR count). The van der Waals surface area contributed by atoms with Crippen LogP contribution in [0, 0.1) is 5.92 Å². The van der Waals surface area contributed by atoms with Crippen LogP contribution in [-0.2, 0) is 4.79 Å². The second-order valence-electron chi connectivity index (χ2n) is 4.49. The number of carbonyl (C=O) groups is 1. The van der Waals surface area contributed by atoms with Crippen molar-refractivity contribution in [1.29, 1.82) is 0 Å². The van der Waals surface area contributed by atoms with Crippen molar-refractivity contribution in [2.45, 2.75) is 19.3 Å². The lowest BCUT2D eigenvalue weighted by Crippen LogP contribution is -2.27. The first-order valence-corrected chi connectivity index (χ1v) is 5.69. The lowest BCUT2D eigenvalue weighted by molar-refractivity contribution is -0.118. The predicted molar refractivity (Wildman–Crippen MR) is 66.3 cm³/mol. The highest BCUT2D eigenvalue weighted by molar-refractivity contribution is 5.47. The molecule has 0 aromatic rings. The summed E-state index contributed by atoms with van der Waals surface area (Å²) in [6, 6.07) is 0. The summed E-state index contributed by atoms with van der Waals surface area (Å²) in [7, 11) is 3.95. The van der Waals surface area contributed by atoms with Crippen molar-refractivity contribution in [3.63, 3.8) is 0 Å². The first kappa shape index (κ1) is 12.7. The van der Waals surface area contributed by atoms with Crippen LogP contribution in [0.25, 0.3) is 0 Å². The molecule has 0 aromatic carbocycles. The lowest BCUT2D eigenvalue weighted by atomic mass is 10.2. The van der Waals surface area contributed by atoms with E-state index in [1.807, 2.05) is 23.9 Å². The second kappa shape index (κ2) is 6.30. The third-order valence-electron chi connectivity index (χ3n) is 2.81. The van der Waals surface area contributed by atoms with E-state index in [9.17, 15) is 4.79 Å². The zero-order valence-corrected chi connectivity index (χ0v) is 10.2. The minimum absolute atomic E-state index is 0.745. The molecule has 4 nitrogen and oxygen atoms in total. The van der Waals surface area contributed by atoms with E-state index in [0.29, 0.717) is 0 Å². The summed E-state index contributed by atoms with van der Waals surface area (Å²) in [6.45, 7) is 5.12. The van der Waals surface area contributed by atoms with Gasteiger partial charge in [-0.2, -0.15) is 0 Å². The molecule has 16 heavy (non-hydrogen) atoms. The molecule has 0 saturated heterocycles. The number of carbonyl (C=O) groups excluding carboxylic acids is 1. The second-order valence-corrected chi connectivity index (χ2v) is 4.49. The highest BCUT2D eigenvalue weighted by Crippen LogP contribution is 2.29. The van der Waals surface area contributed by atoms with Crippen LogP contribution in [-0.4, -0.2) is 50.1 Å². The summed E-state index contributed by atoms with van der Waals surface area (Å²) < 4.78 is 0. The van der Waals surface area contributed by atoms with E-state index in [2.05, 4.69) is 11.7 Å². The monoisotopic (exact) mass is 223 g/mol. The minimum atomic E-state index is 0.745. The molecular weight excluding hydrogens is 202 g/mol. The fraction of sp³-hybridized carbons (Fsp3) is 0.667. The molecule has 1 aliphatic rings. The van der Waals surface area contributed by atoms with Crippen LogP contribution in [0.2, 0.25) is 0 Å². The van der Waals surface area contributed by atoms with Crippen molar-refractivity contribution in [3.8, 4) is 0 Å². The summed E-state index contributed by atoms with van der Waals surface area (Å²) >= 11 is 0. The molecule has 0 aromatic heterocycles. The van der Waals surface area contributed by atoms with Crippen molar-refractivity contribution < 1.29 is 4.79 Å². The molecule has 0 heterocycles. The van der Waals surface area contributed by atoms with Gasteiger partial charge in [0.1, 0.15) is 0 Å². The number of rotatable bonds is 8. The van der Waals surface area contributed by atoms with Gasteiger partial charge < -0.3 is 9.80 Å². The molecule has 0 bridgehead atoms. The Kier molecular flexibility index (Phi) is 5.02. The van der Waals surface area contributed by atoms with Gasteiger partial charge >= 0.3 is 0 Å². The highest BCUT2D eigenvalue weighted by atomic mass is 16.1. The normalized spacial score (nSPS) is 15.8. The van der Waals surface area contributed by atoms with Crippen LogP contribution in [0.5, 0.6) is 0 Å². The molecule has 1 saturated carbocycles. The predicted octanol–water partition coefficient (Wildman–Crippen LogP) is 1.35. The van der Waals surface area contributed by atoms with Crippen molar-refractivity contribution in [2.24, 2.45) is 10.9 Å². The first-order valence-electron chi connectivity index (χ1n) is 5.69. The number of amides is 1. The van der Waals surface area contributed by atoms with Crippen LogP contribution >= 0.6 is 0 Å². The van der Waals surface area contributed by atoms with E-state index in [4.69, 9.17) is 0 Å². The van der Waals surface area contributed by atoms with Gasteiger partial charge in [0.15, 0.2) is 0 Å². The van der Waals surface area contributed by atoms with Crippen LogP contribution < -0.4 is 0 Å². The molecule has 0 aliphatic heterocycles. The minimum Gasteiger partial charge on any atom is -0.380 e. The Morgan fingerprint density at radius 3 is 2.62 bits per heavy atom. The zero-order chi connectivity index (χ0) is 12.0. The summed E-state index contributed by atoms with van der Waals surface area (Å²) in [5, 5.41) is 0. The van der Waals surface area contributed by atoms with E-state index >= 15 is 0 Å². The maximum absolute atomic E-state index is 10.9. The van der Waals surface area contributed by atoms with Crippen molar-refractivity contribution in [2.75, 3.05) is 27.2 Å². The van der Waals surface area contributed by atoms with E-state index in [-0.39, 0.29) is 0 Å².